The number of thiazole rings is 1. The summed E-state index contributed by atoms with van der Waals surface area (Å²) >= 11 is 1.02. The highest BCUT2D eigenvalue weighted by molar-refractivity contribution is 7.17. The Labute approximate surface area is 169 Å². The molecule has 3 rings (SSSR count). The third-order valence-corrected chi connectivity index (χ3v) is 5.18. The highest BCUT2D eigenvalue weighted by Crippen LogP contribution is 2.24. The van der Waals surface area contributed by atoms with Crippen LogP contribution in [-0.2, 0) is 11.3 Å². The minimum atomic E-state index is -0.564. The van der Waals surface area contributed by atoms with Crippen LogP contribution >= 0.6 is 11.3 Å². The lowest BCUT2D eigenvalue weighted by atomic mass is 10.1. The van der Waals surface area contributed by atoms with Gasteiger partial charge in [-0.1, -0.05) is 29.5 Å². The number of nitrogens with one attached hydrogen (secondary N) is 1. The SMILES string of the molecule is COC(=O)c1sc(NC(=O)c2ccccc2Cn2nc([N+](=O)[O-])cc2C)nc1C. The van der Waals surface area contributed by atoms with Crippen LogP contribution < -0.4 is 5.32 Å². The number of rotatable bonds is 6. The lowest BCUT2D eigenvalue weighted by Gasteiger charge is -2.08. The van der Waals surface area contributed by atoms with Crippen molar-refractivity contribution in [1.29, 1.82) is 0 Å². The molecule has 0 aliphatic heterocycles. The number of benzene rings is 1. The number of nitro groups is 1. The maximum Gasteiger partial charge on any atom is 0.390 e. The van der Waals surface area contributed by atoms with Crippen molar-refractivity contribution in [2.75, 3.05) is 12.4 Å². The molecule has 29 heavy (non-hydrogen) atoms. The second-order valence-electron chi connectivity index (χ2n) is 6.10. The molecule has 1 aromatic carbocycles. The summed E-state index contributed by atoms with van der Waals surface area (Å²) < 4.78 is 6.16. The molecule has 10 nitrogen and oxygen atoms in total. The van der Waals surface area contributed by atoms with Gasteiger partial charge in [0, 0.05) is 5.56 Å². The summed E-state index contributed by atoms with van der Waals surface area (Å²) in [4.78, 5) is 39.4. The number of nitrogens with zero attached hydrogens (tertiary/aromatic N) is 4. The van der Waals surface area contributed by atoms with Crippen molar-refractivity contribution in [1.82, 2.24) is 14.8 Å². The lowest BCUT2D eigenvalue weighted by Crippen LogP contribution is -2.16. The van der Waals surface area contributed by atoms with Crippen LogP contribution in [0.1, 0.15) is 37.0 Å². The van der Waals surface area contributed by atoms with E-state index in [4.69, 9.17) is 4.74 Å². The molecule has 0 bridgehead atoms. The standard InChI is InChI=1S/C18H17N5O5S/c1-10-8-14(23(26)27)21-22(10)9-12-6-4-5-7-13(12)16(24)20-18-19-11(2)15(29-18)17(25)28-3/h4-8H,9H2,1-3H3,(H,19,20,24). The number of anilines is 1. The molecule has 2 aromatic heterocycles. The summed E-state index contributed by atoms with van der Waals surface area (Å²) in [6.07, 6.45) is 0. The van der Waals surface area contributed by atoms with E-state index in [9.17, 15) is 19.7 Å². The predicted octanol–water partition coefficient (Wildman–Crippen LogP) is 2.95. The van der Waals surface area contributed by atoms with Crippen molar-refractivity contribution in [2.24, 2.45) is 0 Å². The van der Waals surface area contributed by atoms with Gasteiger partial charge in [0.15, 0.2) is 5.13 Å². The largest absolute Gasteiger partial charge is 0.465 e. The number of hydrogen-bond donors (Lipinski definition) is 1. The number of esters is 1. The van der Waals surface area contributed by atoms with Gasteiger partial charge in [-0.25, -0.2) is 9.78 Å². The number of carbonyl (C=O) groups is 2. The second-order valence-corrected chi connectivity index (χ2v) is 7.09. The molecule has 0 radical (unpaired) electrons. The monoisotopic (exact) mass is 415 g/mol. The summed E-state index contributed by atoms with van der Waals surface area (Å²) in [6, 6.07) is 8.23. The van der Waals surface area contributed by atoms with E-state index >= 15 is 0 Å². The van der Waals surface area contributed by atoms with Gasteiger partial charge in [-0.05, 0) is 30.4 Å². The highest BCUT2D eigenvalue weighted by atomic mass is 32.1. The fourth-order valence-corrected chi connectivity index (χ4v) is 3.56. The van der Waals surface area contributed by atoms with Gasteiger partial charge in [-0.2, -0.15) is 4.68 Å². The molecule has 1 amide bonds. The fraction of sp³-hybridized carbons (Fsp3) is 0.222. The number of carbonyl (C=O) groups excluding carboxylic acids is 2. The van der Waals surface area contributed by atoms with Crippen LogP contribution in [0.25, 0.3) is 0 Å². The van der Waals surface area contributed by atoms with Crippen LogP contribution in [-0.4, -0.2) is 38.7 Å². The van der Waals surface area contributed by atoms with Gasteiger partial charge in [0.2, 0.25) is 0 Å². The molecular weight excluding hydrogens is 398 g/mol. The first kappa shape index (κ1) is 20.1. The number of hydrogen-bond acceptors (Lipinski definition) is 8. The van der Waals surface area contributed by atoms with E-state index in [1.54, 1.807) is 38.1 Å². The van der Waals surface area contributed by atoms with Gasteiger partial charge in [0.05, 0.1) is 36.2 Å². The summed E-state index contributed by atoms with van der Waals surface area (Å²) in [6.45, 7) is 3.54. The predicted molar refractivity (Wildman–Crippen MR) is 105 cm³/mol. The molecule has 11 heteroatoms. The maximum atomic E-state index is 12.8. The number of methoxy groups -OCH3 is 1. The van der Waals surface area contributed by atoms with E-state index in [-0.39, 0.29) is 17.5 Å². The lowest BCUT2D eigenvalue weighted by molar-refractivity contribution is -0.389. The summed E-state index contributed by atoms with van der Waals surface area (Å²) in [5.74, 6) is -1.18. The molecule has 0 atom stereocenters. The van der Waals surface area contributed by atoms with E-state index in [1.807, 2.05) is 0 Å². The van der Waals surface area contributed by atoms with E-state index in [2.05, 4.69) is 15.4 Å². The summed E-state index contributed by atoms with van der Waals surface area (Å²) in [5, 5.41) is 17.8. The number of aryl methyl sites for hydroxylation is 2. The van der Waals surface area contributed by atoms with Crippen molar-refractivity contribution in [3.8, 4) is 0 Å². The molecule has 0 saturated heterocycles. The number of aromatic nitrogens is 3. The Hall–Kier alpha value is -3.60. The van der Waals surface area contributed by atoms with Crippen molar-refractivity contribution in [2.45, 2.75) is 20.4 Å². The molecule has 0 fully saturated rings. The van der Waals surface area contributed by atoms with Crippen molar-refractivity contribution in [3.63, 3.8) is 0 Å². The topological polar surface area (TPSA) is 129 Å². The molecule has 150 valence electrons. The molecule has 0 saturated carbocycles. The van der Waals surface area contributed by atoms with Crippen LogP contribution in [0.5, 0.6) is 0 Å². The van der Waals surface area contributed by atoms with Crippen LogP contribution in [0, 0.1) is 24.0 Å². The molecule has 0 spiro atoms. The van der Waals surface area contributed by atoms with E-state index in [0.29, 0.717) is 27.4 Å². The number of ether oxygens (including phenoxy) is 1. The first-order valence-corrected chi connectivity index (χ1v) is 9.25. The van der Waals surface area contributed by atoms with Crippen LogP contribution in [0.15, 0.2) is 30.3 Å². The zero-order valence-electron chi connectivity index (χ0n) is 15.8. The van der Waals surface area contributed by atoms with E-state index < -0.39 is 16.8 Å². The van der Waals surface area contributed by atoms with Crippen molar-refractivity contribution >= 4 is 34.2 Å². The Kier molecular flexibility index (Phi) is 5.69. The van der Waals surface area contributed by atoms with Gasteiger partial charge in [0.25, 0.3) is 5.91 Å². The van der Waals surface area contributed by atoms with Crippen LogP contribution in [0.4, 0.5) is 10.9 Å². The van der Waals surface area contributed by atoms with Gasteiger partial charge in [-0.3, -0.25) is 10.1 Å². The van der Waals surface area contributed by atoms with E-state index in [0.717, 1.165) is 11.3 Å². The molecule has 3 aromatic rings. The van der Waals surface area contributed by atoms with Gasteiger partial charge in [-0.15, -0.1) is 0 Å². The Morgan fingerprint density at radius 3 is 2.69 bits per heavy atom. The Morgan fingerprint density at radius 1 is 1.31 bits per heavy atom. The minimum Gasteiger partial charge on any atom is -0.465 e. The first-order valence-electron chi connectivity index (χ1n) is 8.44. The highest BCUT2D eigenvalue weighted by Gasteiger charge is 2.20. The third kappa shape index (κ3) is 4.29. The fourth-order valence-electron chi connectivity index (χ4n) is 2.68. The van der Waals surface area contributed by atoms with E-state index in [1.165, 1.54) is 17.9 Å². The summed E-state index contributed by atoms with van der Waals surface area (Å²) in [7, 11) is 1.28. The van der Waals surface area contributed by atoms with Crippen LogP contribution in [0.3, 0.4) is 0 Å². The zero-order valence-corrected chi connectivity index (χ0v) is 16.6. The Balaban J connectivity index is 1.84. The molecule has 0 aliphatic carbocycles. The minimum absolute atomic E-state index is 0.188. The number of amides is 1. The Morgan fingerprint density at radius 2 is 2.03 bits per heavy atom. The average Bonchev–Trinajstić information content (AvgIpc) is 3.24. The second kappa shape index (κ2) is 8.19. The zero-order chi connectivity index (χ0) is 21.1. The van der Waals surface area contributed by atoms with Crippen LogP contribution in [0.2, 0.25) is 0 Å². The van der Waals surface area contributed by atoms with Crippen molar-refractivity contribution < 1.29 is 19.2 Å². The average molecular weight is 415 g/mol. The normalized spacial score (nSPS) is 10.6. The molecule has 2 heterocycles. The Bertz CT molecular complexity index is 1100. The quantitative estimate of drug-likeness (QED) is 0.372. The third-order valence-electron chi connectivity index (χ3n) is 4.13. The molecule has 0 unspecified atom stereocenters. The first-order chi connectivity index (χ1) is 13.8. The molecule has 1 N–H and O–H groups in total. The van der Waals surface area contributed by atoms with Gasteiger partial charge < -0.3 is 14.9 Å². The van der Waals surface area contributed by atoms with Crippen molar-refractivity contribution in [3.05, 3.63) is 67.8 Å². The van der Waals surface area contributed by atoms with Gasteiger partial charge >= 0.3 is 11.8 Å². The maximum absolute atomic E-state index is 12.8. The smallest absolute Gasteiger partial charge is 0.390 e. The molecule has 0 aliphatic rings. The van der Waals surface area contributed by atoms with Gasteiger partial charge in [0.1, 0.15) is 4.88 Å². The molecular formula is C18H17N5O5S. The summed E-state index contributed by atoms with van der Waals surface area (Å²) in [5.41, 5.74) is 2.07.